The summed E-state index contributed by atoms with van der Waals surface area (Å²) in [6.45, 7) is 1.56. The van der Waals surface area contributed by atoms with Crippen LogP contribution in [0.1, 0.15) is 41.1 Å². The number of sulfonamides is 1. The van der Waals surface area contributed by atoms with Crippen molar-refractivity contribution in [3.63, 3.8) is 0 Å². The Morgan fingerprint density at radius 3 is 2.71 bits per heavy atom. The van der Waals surface area contributed by atoms with Crippen LogP contribution in [-0.2, 0) is 10.0 Å². The lowest BCUT2D eigenvalue weighted by Gasteiger charge is -2.21. The second-order valence-corrected chi connectivity index (χ2v) is 9.09. The summed E-state index contributed by atoms with van der Waals surface area (Å²) in [7, 11) is -3.42. The molecule has 8 nitrogen and oxygen atoms in total. The second kappa shape index (κ2) is 8.27. The number of carbonyl (C=O) groups is 1. The molecule has 1 aliphatic heterocycles. The molecule has 2 heterocycles. The summed E-state index contributed by atoms with van der Waals surface area (Å²) in [5.74, 6) is -0.202. The topological polar surface area (TPSA) is 112 Å². The van der Waals surface area contributed by atoms with Gasteiger partial charge in [-0.15, -0.1) is 0 Å². The van der Waals surface area contributed by atoms with Gasteiger partial charge in [-0.1, -0.05) is 24.3 Å². The summed E-state index contributed by atoms with van der Waals surface area (Å²) in [6, 6.07) is 16.3. The Labute approximate surface area is 179 Å². The molecule has 9 heteroatoms. The minimum absolute atomic E-state index is 0.0385. The lowest BCUT2D eigenvalue weighted by Crippen LogP contribution is -2.26. The number of hydrazone groups is 1. The predicted octanol–water partition coefficient (Wildman–Crippen LogP) is 3.74. The van der Waals surface area contributed by atoms with E-state index in [1.165, 1.54) is 11.3 Å². The van der Waals surface area contributed by atoms with Gasteiger partial charge in [0.1, 0.15) is 5.75 Å². The van der Waals surface area contributed by atoms with Crippen LogP contribution >= 0.6 is 0 Å². The number of hydrogen-bond acceptors (Lipinski definition) is 6. The Kier molecular flexibility index (Phi) is 5.51. The number of anilines is 1. The number of amides is 1. The maximum absolute atomic E-state index is 13.0. The number of phenols is 1. The molecule has 31 heavy (non-hydrogen) atoms. The van der Waals surface area contributed by atoms with Gasteiger partial charge >= 0.3 is 5.91 Å². The Morgan fingerprint density at radius 2 is 2.00 bits per heavy atom. The first-order chi connectivity index (χ1) is 14.9. The normalized spacial score (nSPS) is 16.2. The Bertz CT molecular complexity index is 1240. The smallest absolute Gasteiger partial charge is 0.310 e. The van der Waals surface area contributed by atoms with Gasteiger partial charge in [0.2, 0.25) is 10.0 Å². The van der Waals surface area contributed by atoms with Crippen molar-refractivity contribution >= 4 is 27.3 Å². The van der Waals surface area contributed by atoms with Gasteiger partial charge in [-0.2, -0.15) is 5.10 Å². The molecule has 0 unspecified atom stereocenters. The molecule has 2 N–H and O–H groups in total. The van der Waals surface area contributed by atoms with E-state index in [1.807, 2.05) is 12.1 Å². The largest absolute Gasteiger partial charge is 0.508 e. The molecule has 0 aliphatic carbocycles. The van der Waals surface area contributed by atoms with Crippen molar-refractivity contribution in [1.82, 2.24) is 5.01 Å². The molecule has 1 amide bonds. The highest BCUT2D eigenvalue weighted by Crippen LogP contribution is 2.35. The predicted molar refractivity (Wildman–Crippen MR) is 116 cm³/mol. The third kappa shape index (κ3) is 4.46. The van der Waals surface area contributed by atoms with E-state index in [0.717, 1.165) is 5.56 Å². The molecular formula is C22H21N3O5S. The van der Waals surface area contributed by atoms with Crippen LogP contribution in [0.15, 0.2) is 76.4 Å². The quantitative estimate of drug-likeness (QED) is 0.608. The Morgan fingerprint density at radius 1 is 1.19 bits per heavy atom. The average molecular weight is 439 g/mol. The molecule has 0 radical (unpaired) electrons. The fraction of sp³-hybridized carbons (Fsp3) is 0.182. The average Bonchev–Trinajstić information content (AvgIpc) is 3.44. The minimum atomic E-state index is -3.42. The van der Waals surface area contributed by atoms with Crippen LogP contribution in [0.25, 0.3) is 0 Å². The van der Waals surface area contributed by atoms with Crippen molar-refractivity contribution in [2.24, 2.45) is 5.10 Å². The van der Waals surface area contributed by atoms with E-state index in [-0.39, 0.29) is 17.3 Å². The highest BCUT2D eigenvalue weighted by Gasteiger charge is 2.35. The van der Waals surface area contributed by atoms with Crippen LogP contribution in [0.5, 0.6) is 5.75 Å². The van der Waals surface area contributed by atoms with Crippen LogP contribution in [-0.4, -0.2) is 35.9 Å². The van der Waals surface area contributed by atoms with Gasteiger partial charge < -0.3 is 9.52 Å². The maximum atomic E-state index is 13.0. The zero-order valence-corrected chi connectivity index (χ0v) is 17.5. The number of nitrogens with one attached hydrogen (secondary N) is 1. The van der Waals surface area contributed by atoms with Gasteiger partial charge in [-0.3, -0.25) is 9.52 Å². The summed E-state index contributed by atoms with van der Waals surface area (Å²) >= 11 is 0. The zero-order chi connectivity index (χ0) is 22.0. The standard InChI is InChI=1S/C22H21N3O5S/c1-2-31(28,29)24-17-8-3-6-15(12-17)19-14-20(16-7-4-9-18(26)13-16)25(23-19)22(27)21-10-5-11-30-21/h3-13,20,24,26H,2,14H2,1H3/t20-/m0/s1. The van der Waals surface area contributed by atoms with Gasteiger partial charge in [0.05, 0.1) is 23.8 Å². The fourth-order valence-corrected chi connectivity index (χ4v) is 4.02. The lowest BCUT2D eigenvalue weighted by molar-refractivity contribution is 0.0678. The molecular weight excluding hydrogens is 418 g/mol. The summed E-state index contributed by atoms with van der Waals surface area (Å²) in [5.41, 5.74) is 2.45. The van der Waals surface area contributed by atoms with E-state index in [1.54, 1.807) is 55.5 Å². The lowest BCUT2D eigenvalue weighted by atomic mass is 9.98. The first kappa shape index (κ1) is 20.7. The molecule has 1 aliphatic rings. The van der Waals surface area contributed by atoms with Gasteiger partial charge in [0.15, 0.2) is 5.76 Å². The first-order valence-electron chi connectivity index (χ1n) is 9.70. The summed E-state index contributed by atoms with van der Waals surface area (Å²) < 4.78 is 31.6. The van der Waals surface area contributed by atoms with Crippen LogP contribution in [0, 0.1) is 0 Å². The molecule has 160 valence electrons. The molecule has 1 aromatic heterocycles. The number of rotatable bonds is 6. The zero-order valence-electron chi connectivity index (χ0n) is 16.7. The number of aromatic hydroxyl groups is 1. The number of hydrogen-bond donors (Lipinski definition) is 2. The van der Waals surface area contributed by atoms with Crippen LogP contribution in [0.4, 0.5) is 5.69 Å². The molecule has 0 fully saturated rings. The van der Waals surface area contributed by atoms with Gasteiger partial charge in [0, 0.05) is 12.1 Å². The SMILES string of the molecule is CCS(=O)(=O)Nc1cccc(C2=NN(C(=O)c3ccco3)[C@H](c3cccc(O)c3)C2)c1. The van der Waals surface area contributed by atoms with Crippen LogP contribution in [0.3, 0.4) is 0 Å². The van der Waals surface area contributed by atoms with Crippen LogP contribution in [0.2, 0.25) is 0 Å². The van der Waals surface area contributed by atoms with E-state index in [2.05, 4.69) is 9.82 Å². The van der Waals surface area contributed by atoms with Gasteiger partial charge in [0.25, 0.3) is 0 Å². The fourth-order valence-electron chi connectivity index (χ4n) is 3.39. The van der Waals surface area contributed by atoms with E-state index in [4.69, 9.17) is 4.42 Å². The minimum Gasteiger partial charge on any atom is -0.508 e. The van der Waals surface area contributed by atoms with Crippen molar-refractivity contribution in [1.29, 1.82) is 0 Å². The van der Waals surface area contributed by atoms with Crippen molar-refractivity contribution in [3.05, 3.63) is 83.8 Å². The molecule has 1 atom stereocenters. The monoisotopic (exact) mass is 439 g/mol. The third-order valence-corrected chi connectivity index (χ3v) is 6.26. The third-order valence-electron chi connectivity index (χ3n) is 4.95. The summed E-state index contributed by atoms with van der Waals surface area (Å²) in [5, 5.41) is 15.8. The number of benzene rings is 2. The van der Waals surface area contributed by atoms with E-state index in [0.29, 0.717) is 23.4 Å². The Hall–Kier alpha value is -3.59. The molecule has 4 rings (SSSR count). The second-order valence-electron chi connectivity index (χ2n) is 7.07. The number of nitrogens with zero attached hydrogens (tertiary/aromatic N) is 2. The number of carbonyl (C=O) groups excluding carboxylic acids is 1. The summed E-state index contributed by atoms with van der Waals surface area (Å²) in [6.07, 6.45) is 1.81. The van der Waals surface area contributed by atoms with Gasteiger partial charge in [-0.25, -0.2) is 13.4 Å². The molecule has 0 saturated carbocycles. The number of furan rings is 1. The Balaban J connectivity index is 1.70. The van der Waals surface area contributed by atoms with E-state index in [9.17, 15) is 18.3 Å². The van der Waals surface area contributed by atoms with Crippen molar-refractivity contribution in [2.45, 2.75) is 19.4 Å². The molecule has 3 aromatic rings. The first-order valence-corrected chi connectivity index (χ1v) is 11.4. The highest BCUT2D eigenvalue weighted by molar-refractivity contribution is 7.92. The van der Waals surface area contributed by atoms with E-state index < -0.39 is 22.0 Å². The molecule has 0 spiro atoms. The maximum Gasteiger partial charge on any atom is 0.310 e. The molecule has 0 bridgehead atoms. The highest BCUT2D eigenvalue weighted by atomic mass is 32.2. The van der Waals surface area contributed by atoms with Gasteiger partial charge in [-0.05, 0) is 54.4 Å². The van der Waals surface area contributed by atoms with Crippen molar-refractivity contribution < 1.29 is 22.7 Å². The molecule has 2 aromatic carbocycles. The van der Waals surface area contributed by atoms with Crippen molar-refractivity contribution in [2.75, 3.05) is 10.5 Å². The van der Waals surface area contributed by atoms with Crippen LogP contribution < -0.4 is 4.72 Å². The van der Waals surface area contributed by atoms with E-state index >= 15 is 0 Å². The molecule has 0 saturated heterocycles. The van der Waals surface area contributed by atoms with Crippen molar-refractivity contribution in [3.8, 4) is 5.75 Å². The number of phenolic OH excluding ortho intramolecular Hbond substituents is 1. The summed E-state index contributed by atoms with van der Waals surface area (Å²) in [4.78, 5) is 13.0.